The Labute approximate surface area is 58.3 Å². The molecule has 0 aromatic carbocycles. The highest BCUT2D eigenvalue weighted by Crippen LogP contribution is 2.24. The number of ether oxygens (including phenoxy) is 1. The maximum atomic E-state index is 10.9. The molecule has 2 heterocycles. The molecule has 0 spiro atoms. The van der Waals surface area contributed by atoms with Crippen LogP contribution in [-0.4, -0.2) is 29.2 Å². The largest absolute Gasteiger partial charge is 0.382 e. The highest BCUT2D eigenvalue weighted by atomic mass is 16.5. The molecule has 0 saturated carbocycles. The van der Waals surface area contributed by atoms with Crippen molar-refractivity contribution >= 4 is 5.78 Å². The van der Waals surface area contributed by atoms with Crippen LogP contribution in [0.4, 0.5) is 0 Å². The number of ketones is 1. The molecule has 1 fully saturated rings. The Kier molecular flexibility index (Phi) is 1.16. The molecule has 54 valence electrons. The van der Waals surface area contributed by atoms with E-state index in [1.54, 1.807) is 6.08 Å². The van der Waals surface area contributed by atoms with E-state index in [9.17, 15) is 4.79 Å². The third-order valence-electron chi connectivity index (χ3n) is 1.89. The number of carbonyl (C=O) groups excluding carboxylic acids is 1. The Balaban J connectivity index is 2.23. The second-order valence-corrected chi connectivity index (χ2v) is 2.64. The third-order valence-corrected chi connectivity index (χ3v) is 1.89. The minimum Gasteiger partial charge on any atom is -0.382 e. The first-order valence-electron chi connectivity index (χ1n) is 3.32. The van der Waals surface area contributed by atoms with Crippen molar-refractivity contribution < 1.29 is 14.6 Å². The first-order valence-corrected chi connectivity index (χ1v) is 3.32. The van der Waals surface area contributed by atoms with E-state index in [4.69, 9.17) is 9.84 Å². The van der Waals surface area contributed by atoms with Crippen molar-refractivity contribution in [3.05, 3.63) is 12.2 Å². The predicted molar refractivity (Wildman–Crippen MR) is 33.4 cm³/mol. The molecular formula is C7H8O3. The molecule has 3 nitrogen and oxygen atoms in total. The van der Waals surface area contributed by atoms with Gasteiger partial charge in [0.1, 0.15) is 12.2 Å². The van der Waals surface area contributed by atoms with Gasteiger partial charge in [0, 0.05) is 6.42 Å². The minimum atomic E-state index is -0.921. The normalized spacial score (nSPS) is 44.5. The number of Topliss-reactive ketones (excluding diaryl/α,β-unsaturated/α-hetero) is 1. The van der Waals surface area contributed by atoms with Crippen LogP contribution in [0, 0.1) is 0 Å². The summed E-state index contributed by atoms with van der Waals surface area (Å²) in [6, 6.07) is 0. The lowest BCUT2D eigenvalue weighted by Crippen LogP contribution is -2.40. The molecule has 3 heteroatoms. The first kappa shape index (κ1) is 6.07. The van der Waals surface area contributed by atoms with Gasteiger partial charge < -0.3 is 9.84 Å². The van der Waals surface area contributed by atoms with Crippen LogP contribution in [-0.2, 0) is 9.53 Å². The molecule has 2 rings (SSSR count). The molecule has 2 bridgehead atoms. The van der Waals surface area contributed by atoms with Crippen LogP contribution < -0.4 is 0 Å². The Morgan fingerprint density at radius 2 is 2.40 bits per heavy atom. The maximum absolute atomic E-state index is 10.9. The Morgan fingerprint density at radius 1 is 1.60 bits per heavy atom. The van der Waals surface area contributed by atoms with Crippen molar-refractivity contribution in [2.24, 2.45) is 0 Å². The van der Waals surface area contributed by atoms with Crippen molar-refractivity contribution in [2.45, 2.75) is 24.7 Å². The van der Waals surface area contributed by atoms with E-state index >= 15 is 0 Å². The van der Waals surface area contributed by atoms with Gasteiger partial charge in [0.2, 0.25) is 0 Å². The molecule has 0 radical (unpaired) electrons. The van der Waals surface area contributed by atoms with Crippen LogP contribution in [0.25, 0.3) is 0 Å². The van der Waals surface area contributed by atoms with Crippen LogP contribution in [0.2, 0.25) is 0 Å². The summed E-state index contributed by atoms with van der Waals surface area (Å²) in [5, 5.41) is 9.14. The van der Waals surface area contributed by atoms with E-state index < -0.39 is 6.10 Å². The summed E-state index contributed by atoms with van der Waals surface area (Å²) in [4.78, 5) is 10.9. The molecule has 2 aliphatic heterocycles. The van der Waals surface area contributed by atoms with Gasteiger partial charge in [-0.15, -0.1) is 0 Å². The lowest BCUT2D eigenvalue weighted by molar-refractivity contribution is -0.144. The van der Waals surface area contributed by atoms with Gasteiger partial charge in [-0.2, -0.15) is 0 Å². The van der Waals surface area contributed by atoms with E-state index in [1.807, 2.05) is 6.08 Å². The quantitative estimate of drug-likeness (QED) is 0.467. The summed E-state index contributed by atoms with van der Waals surface area (Å²) in [7, 11) is 0. The number of rotatable bonds is 0. The summed E-state index contributed by atoms with van der Waals surface area (Å²) in [6.07, 6.45) is 2.55. The fourth-order valence-corrected chi connectivity index (χ4v) is 1.32. The van der Waals surface area contributed by atoms with Gasteiger partial charge in [-0.25, -0.2) is 0 Å². The van der Waals surface area contributed by atoms with E-state index in [2.05, 4.69) is 0 Å². The first-order chi connectivity index (χ1) is 4.77. The highest BCUT2D eigenvalue weighted by Gasteiger charge is 2.37. The van der Waals surface area contributed by atoms with Gasteiger partial charge in [-0.1, -0.05) is 12.2 Å². The average Bonchev–Trinajstić information content (AvgIpc) is 2.29. The lowest BCUT2D eigenvalue weighted by Gasteiger charge is -2.23. The lowest BCUT2D eigenvalue weighted by atomic mass is 10.1. The monoisotopic (exact) mass is 140 g/mol. The van der Waals surface area contributed by atoms with E-state index in [0.717, 1.165) is 0 Å². The zero-order valence-corrected chi connectivity index (χ0v) is 5.36. The number of aliphatic hydroxyl groups excluding tert-OH is 1. The van der Waals surface area contributed by atoms with Gasteiger partial charge in [0.25, 0.3) is 0 Å². The minimum absolute atomic E-state index is 0.0686. The second kappa shape index (κ2) is 1.90. The zero-order valence-electron chi connectivity index (χ0n) is 5.36. The van der Waals surface area contributed by atoms with E-state index in [-0.39, 0.29) is 18.0 Å². The molecule has 3 atom stereocenters. The molecule has 1 N–H and O–H groups in total. The smallest absolute Gasteiger partial charge is 0.167 e. The molecule has 2 aliphatic rings. The van der Waals surface area contributed by atoms with Crippen LogP contribution in [0.1, 0.15) is 6.42 Å². The van der Waals surface area contributed by atoms with E-state index in [0.29, 0.717) is 6.42 Å². The predicted octanol–water partition coefficient (Wildman–Crippen LogP) is -0.356. The number of carbonyl (C=O) groups is 1. The number of fused-ring (bicyclic) bond motifs is 2. The second-order valence-electron chi connectivity index (χ2n) is 2.64. The summed E-state index contributed by atoms with van der Waals surface area (Å²) >= 11 is 0. The third kappa shape index (κ3) is 0.711. The number of hydrogen-bond donors (Lipinski definition) is 1. The fourth-order valence-electron chi connectivity index (χ4n) is 1.32. The fraction of sp³-hybridized carbons (Fsp3) is 0.571. The van der Waals surface area contributed by atoms with Crippen molar-refractivity contribution in [3.63, 3.8) is 0 Å². The number of hydrogen-bond acceptors (Lipinski definition) is 3. The topological polar surface area (TPSA) is 46.5 Å². The van der Waals surface area contributed by atoms with Crippen molar-refractivity contribution in [1.29, 1.82) is 0 Å². The van der Waals surface area contributed by atoms with Gasteiger partial charge >= 0.3 is 0 Å². The Hall–Kier alpha value is -0.670. The van der Waals surface area contributed by atoms with Gasteiger partial charge in [-0.05, 0) is 0 Å². The van der Waals surface area contributed by atoms with Crippen molar-refractivity contribution in [3.8, 4) is 0 Å². The summed E-state index contributed by atoms with van der Waals surface area (Å²) < 4.78 is 5.20. The van der Waals surface area contributed by atoms with Gasteiger partial charge in [-0.3, -0.25) is 4.79 Å². The molecule has 1 saturated heterocycles. The highest BCUT2D eigenvalue weighted by molar-refractivity contribution is 5.85. The maximum Gasteiger partial charge on any atom is 0.167 e. The van der Waals surface area contributed by atoms with Crippen LogP contribution >= 0.6 is 0 Å². The molecule has 0 aromatic rings. The van der Waals surface area contributed by atoms with Crippen molar-refractivity contribution in [1.82, 2.24) is 0 Å². The van der Waals surface area contributed by atoms with Gasteiger partial charge in [0.15, 0.2) is 5.78 Å². The molecule has 0 unspecified atom stereocenters. The van der Waals surface area contributed by atoms with Gasteiger partial charge in [0.05, 0.1) is 6.10 Å². The van der Waals surface area contributed by atoms with Crippen LogP contribution in [0.15, 0.2) is 12.2 Å². The summed E-state index contributed by atoms with van der Waals surface area (Å²) in [5.41, 5.74) is 0. The standard InChI is InChI=1S/C7H8O3/c8-5-3-4-1-2-6(10-4)7(5)9/h1-2,4,6-7,9H,3H2/t4-,6+,7-/m0/s1. The van der Waals surface area contributed by atoms with E-state index in [1.165, 1.54) is 0 Å². The SMILES string of the molecule is O=C1C[C@@H]2C=C[C@@H](O2)[C@H]1O. The molecular weight excluding hydrogens is 132 g/mol. The Bertz CT molecular complexity index is 197. The number of aliphatic hydroxyl groups is 1. The Morgan fingerprint density at radius 3 is 3.20 bits per heavy atom. The molecule has 0 amide bonds. The van der Waals surface area contributed by atoms with Crippen LogP contribution in [0.5, 0.6) is 0 Å². The molecule has 10 heavy (non-hydrogen) atoms. The zero-order chi connectivity index (χ0) is 7.14. The molecule has 0 aromatic heterocycles. The van der Waals surface area contributed by atoms with Crippen LogP contribution in [0.3, 0.4) is 0 Å². The van der Waals surface area contributed by atoms with Crippen molar-refractivity contribution in [2.75, 3.05) is 0 Å². The summed E-state index contributed by atoms with van der Waals surface area (Å²) in [5.74, 6) is -0.105. The summed E-state index contributed by atoms with van der Waals surface area (Å²) in [6.45, 7) is 0. The molecule has 0 aliphatic carbocycles. The average molecular weight is 140 g/mol.